The van der Waals surface area contributed by atoms with Gasteiger partial charge in [-0.05, 0) is 16.5 Å². The zero-order valence-electron chi connectivity index (χ0n) is 11.2. The third kappa shape index (κ3) is 3.31. The Balaban J connectivity index is 2.89. The van der Waals surface area contributed by atoms with Gasteiger partial charge in [-0.3, -0.25) is 0 Å². The SMILES string of the molecule is COC(=O)C(O)C(O)c1ccc(C(C)(C)C)cc1. The van der Waals surface area contributed by atoms with Crippen molar-refractivity contribution in [2.24, 2.45) is 0 Å². The van der Waals surface area contributed by atoms with Crippen molar-refractivity contribution < 1.29 is 19.7 Å². The molecule has 4 heteroatoms. The summed E-state index contributed by atoms with van der Waals surface area (Å²) in [6.07, 6.45) is -2.83. The van der Waals surface area contributed by atoms with Crippen LogP contribution in [-0.2, 0) is 14.9 Å². The number of hydrogen-bond donors (Lipinski definition) is 2. The van der Waals surface area contributed by atoms with Crippen molar-refractivity contribution in [1.82, 2.24) is 0 Å². The van der Waals surface area contributed by atoms with E-state index in [1.54, 1.807) is 12.1 Å². The molecule has 0 radical (unpaired) electrons. The molecule has 0 saturated carbocycles. The highest BCUT2D eigenvalue weighted by molar-refractivity contribution is 5.75. The van der Waals surface area contributed by atoms with Crippen molar-refractivity contribution in [3.05, 3.63) is 35.4 Å². The molecule has 18 heavy (non-hydrogen) atoms. The van der Waals surface area contributed by atoms with Gasteiger partial charge < -0.3 is 14.9 Å². The third-order valence-corrected chi connectivity index (χ3v) is 2.86. The van der Waals surface area contributed by atoms with E-state index in [9.17, 15) is 15.0 Å². The molecule has 0 spiro atoms. The Bertz CT molecular complexity index is 403. The average Bonchev–Trinajstić information content (AvgIpc) is 2.35. The largest absolute Gasteiger partial charge is 0.467 e. The zero-order valence-corrected chi connectivity index (χ0v) is 11.2. The lowest BCUT2D eigenvalue weighted by Crippen LogP contribution is -2.29. The van der Waals surface area contributed by atoms with Crippen LogP contribution in [0.5, 0.6) is 0 Å². The first-order chi connectivity index (χ1) is 8.27. The molecule has 1 aromatic carbocycles. The van der Waals surface area contributed by atoms with Crippen molar-refractivity contribution in [3.63, 3.8) is 0 Å². The lowest BCUT2D eigenvalue weighted by Gasteiger charge is -2.21. The number of aliphatic hydroxyl groups excluding tert-OH is 2. The van der Waals surface area contributed by atoms with Crippen LogP contribution in [0.4, 0.5) is 0 Å². The first-order valence-electron chi connectivity index (χ1n) is 5.81. The molecule has 4 nitrogen and oxygen atoms in total. The van der Waals surface area contributed by atoms with Crippen LogP contribution in [0.1, 0.15) is 38.0 Å². The van der Waals surface area contributed by atoms with Gasteiger partial charge in [-0.2, -0.15) is 0 Å². The first kappa shape index (κ1) is 14.7. The summed E-state index contributed by atoms with van der Waals surface area (Å²) in [6, 6.07) is 7.17. The molecule has 1 rings (SSSR count). The van der Waals surface area contributed by atoms with E-state index in [0.717, 1.165) is 5.56 Å². The van der Waals surface area contributed by atoms with Crippen molar-refractivity contribution in [3.8, 4) is 0 Å². The maximum absolute atomic E-state index is 11.1. The van der Waals surface area contributed by atoms with Crippen molar-refractivity contribution in [2.45, 2.75) is 38.4 Å². The number of benzene rings is 1. The van der Waals surface area contributed by atoms with E-state index in [-0.39, 0.29) is 5.41 Å². The summed E-state index contributed by atoms with van der Waals surface area (Å²) >= 11 is 0. The summed E-state index contributed by atoms with van der Waals surface area (Å²) in [5, 5.41) is 19.4. The van der Waals surface area contributed by atoms with Crippen LogP contribution in [-0.4, -0.2) is 29.4 Å². The predicted octanol–water partition coefficient (Wildman–Crippen LogP) is 1.55. The van der Waals surface area contributed by atoms with E-state index >= 15 is 0 Å². The molecule has 0 aliphatic rings. The number of hydrogen-bond acceptors (Lipinski definition) is 4. The van der Waals surface area contributed by atoms with E-state index < -0.39 is 18.2 Å². The van der Waals surface area contributed by atoms with Crippen molar-refractivity contribution >= 4 is 5.97 Å². The van der Waals surface area contributed by atoms with Gasteiger partial charge in [0.15, 0.2) is 6.10 Å². The van der Waals surface area contributed by atoms with Crippen LogP contribution >= 0.6 is 0 Å². The fourth-order valence-corrected chi connectivity index (χ4v) is 1.61. The molecular weight excluding hydrogens is 232 g/mol. The van der Waals surface area contributed by atoms with Gasteiger partial charge in [0.05, 0.1) is 7.11 Å². The number of esters is 1. The summed E-state index contributed by atoms with van der Waals surface area (Å²) in [7, 11) is 1.17. The lowest BCUT2D eigenvalue weighted by atomic mass is 9.86. The van der Waals surface area contributed by atoms with Crippen LogP contribution in [0.3, 0.4) is 0 Å². The topological polar surface area (TPSA) is 66.8 Å². The molecule has 2 atom stereocenters. The monoisotopic (exact) mass is 252 g/mol. The second-order valence-electron chi connectivity index (χ2n) is 5.28. The Hall–Kier alpha value is -1.39. The van der Waals surface area contributed by atoms with Crippen LogP contribution < -0.4 is 0 Å². The first-order valence-corrected chi connectivity index (χ1v) is 5.81. The van der Waals surface area contributed by atoms with Crippen LogP contribution in [0.15, 0.2) is 24.3 Å². The molecule has 2 N–H and O–H groups in total. The molecule has 0 heterocycles. The molecule has 0 aliphatic heterocycles. The second kappa shape index (κ2) is 5.50. The number of ether oxygens (including phenoxy) is 1. The second-order valence-corrected chi connectivity index (χ2v) is 5.28. The smallest absolute Gasteiger partial charge is 0.337 e. The Morgan fingerprint density at radius 3 is 2.06 bits per heavy atom. The molecule has 0 amide bonds. The normalized spacial score (nSPS) is 15.0. The Morgan fingerprint density at radius 1 is 1.17 bits per heavy atom. The van der Waals surface area contributed by atoms with E-state index in [4.69, 9.17) is 0 Å². The predicted molar refractivity (Wildman–Crippen MR) is 68.1 cm³/mol. The number of aliphatic hydroxyl groups is 2. The highest BCUT2D eigenvalue weighted by Crippen LogP contribution is 2.25. The molecule has 1 aromatic rings. The van der Waals surface area contributed by atoms with E-state index in [2.05, 4.69) is 25.5 Å². The highest BCUT2D eigenvalue weighted by atomic mass is 16.5. The van der Waals surface area contributed by atoms with E-state index in [0.29, 0.717) is 5.56 Å². The van der Waals surface area contributed by atoms with Crippen LogP contribution in [0.2, 0.25) is 0 Å². The van der Waals surface area contributed by atoms with Gasteiger partial charge in [0.2, 0.25) is 0 Å². The molecular formula is C14H20O4. The summed E-state index contributed by atoms with van der Waals surface area (Å²) in [6.45, 7) is 6.26. The minimum atomic E-state index is -1.56. The van der Waals surface area contributed by atoms with Crippen LogP contribution in [0, 0.1) is 0 Å². The van der Waals surface area contributed by atoms with Gasteiger partial charge in [-0.1, -0.05) is 45.0 Å². The van der Waals surface area contributed by atoms with E-state index in [1.165, 1.54) is 7.11 Å². The fraction of sp³-hybridized carbons (Fsp3) is 0.500. The van der Waals surface area contributed by atoms with Gasteiger partial charge >= 0.3 is 5.97 Å². The molecule has 100 valence electrons. The number of methoxy groups -OCH3 is 1. The maximum Gasteiger partial charge on any atom is 0.337 e. The Labute approximate surface area is 107 Å². The third-order valence-electron chi connectivity index (χ3n) is 2.86. The lowest BCUT2D eigenvalue weighted by molar-refractivity contribution is -0.156. The van der Waals surface area contributed by atoms with Crippen molar-refractivity contribution in [2.75, 3.05) is 7.11 Å². The number of rotatable bonds is 3. The van der Waals surface area contributed by atoms with Gasteiger partial charge in [-0.15, -0.1) is 0 Å². The Kier molecular flexibility index (Phi) is 4.48. The molecule has 2 unspecified atom stereocenters. The Morgan fingerprint density at radius 2 is 1.67 bits per heavy atom. The van der Waals surface area contributed by atoms with Gasteiger partial charge in [0.25, 0.3) is 0 Å². The number of carbonyl (C=O) groups is 1. The summed E-state index contributed by atoms with van der Waals surface area (Å²) in [4.78, 5) is 11.1. The zero-order chi connectivity index (χ0) is 13.9. The molecule has 0 saturated heterocycles. The fourth-order valence-electron chi connectivity index (χ4n) is 1.61. The molecule has 0 bridgehead atoms. The number of carbonyl (C=O) groups excluding carboxylic acids is 1. The summed E-state index contributed by atoms with van der Waals surface area (Å²) in [5.74, 6) is -0.845. The molecule has 0 fully saturated rings. The molecule has 0 aromatic heterocycles. The standard InChI is InChI=1S/C14H20O4/c1-14(2,3)10-7-5-9(6-8-10)11(15)12(16)13(17)18-4/h5-8,11-12,15-16H,1-4H3. The van der Waals surface area contributed by atoms with Crippen LogP contribution in [0.25, 0.3) is 0 Å². The minimum absolute atomic E-state index is 0.0183. The quantitative estimate of drug-likeness (QED) is 0.801. The van der Waals surface area contributed by atoms with Gasteiger partial charge in [0.1, 0.15) is 6.10 Å². The summed E-state index contributed by atoms with van der Waals surface area (Å²) < 4.78 is 4.38. The van der Waals surface area contributed by atoms with Gasteiger partial charge in [-0.25, -0.2) is 4.79 Å². The van der Waals surface area contributed by atoms with E-state index in [1.807, 2.05) is 12.1 Å². The molecule has 0 aliphatic carbocycles. The minimum Gasteiger partial charge on any atom is -0.467 e. The van der Waals surface area contributed by atoms with Gasteiger partial charge in [0, 0.05) is 0 Å². The van der Waals surface area contributed by atoms with Crippen molar-refractivity contribution in [1.29, 1.82) is 0 Å². The average molecular weight is 252 g/mol. The maximum atomic E-state index is 11.1. The summed E-state index contributed by atoms with van der Waals surface area (Å²) in [5.41, 5.74) is 1.62. The highest BCUT2D eigenvalue weighted by Gasteiger charge is 2.26.